The minimum absolute atomic E-state index is 0.595. The lowest BCUT2D eigenvalue weighted by atomic mass is 10.5. The number of rotatable bonds is 2. The van der Waals surface area contributed by atoms with Gasteiger partial charge in [0.15, 0.2) is 10.9 Å². The van der Waals surface area contributed by atoms with Crippen molar-refractivity contribution < 1.29 is 4.52 Å². The average molecular weight is 197 g/mol. The molecule has 1 aliphatic heterocycles. The second-order valence-corrected chi connectivity index (χ2v) is 4.33. The van der Waals surface area contributed by atoms with E-state index in [4.69, 9.17) is 4.52 Å². The normalized spacial score (nSPS) is 21.6. The second-order valence-electron chi connectivity index (χ2n) is 2.91. The Labute approximate surface area is 80.8 Å². The first-order valence-corrected chi connectivity index (χ1v) is 5.07. The van der Waals surface area contributed by atoms with Crippen molar-refractivity contribution in [2.45, 2.75) is 18.7 Å². The highest BCUT2D eigenvalue weighted by Crippen LogP contribution is 2.18. The zero-order valence-corrected chi connectivity index (χ0v) is 8.17. The smallest absolute Gasteiger partial charge is 0.157 e. The van der Waals surface area contributed by atoms with Gasteiger partial charge in [0.05, 0.1) is 19.3 Å². The van der Waals surface area contributed by atoms with Gasteiger partial charge in [0, 0.05) is 11.3 Å². The van der Waals surface area contributed by atoms with E-state index in [0.717, 1.165) is 17.5 Å². The zero-order chi connectivity index (χ0) is 9.10. The highest BCUT2D eigenvalue weighted by molar-refractivity contribution is 8.14. The summed E-state index contributed by atoms with van der Waals surface area (Å²) in [5, 5.41) is 8.41. The SMILES string of the molecule is CC1CN=C(NCc2ccno2)S1. The van der Waals surface area contributed by atoms with Gasteiger partial charge in [-0.1, -0.05) is 23.8 Å². The minimum Gasteiger partial charge on any atom is -0.360 e. The highest BCUT2D eigenvalue weighted by Gasteiger charge is 2.14. The Bertz CT molecular complexity index is 296. The van der Waals surface area contributed by atoms with Crippen molar-refractivity contribution >= 4 is 16.9 Å². The van der Waals surface area contributed by atoms with Gasteiger partial charge < -0.3 is 9.84 Å². The van der Waals surface area contributed by atoms with Gasteiger partial charge >= 0.3 is 0 Å². The fraction of sp³-hybridized carbons (Fsp3) is 0.500. The predicted molar refractivity (Wildman–Crippen MR) is 52.7 cm³/mol. The number of nitrogens with zero attached hydrogens (tertiary/aromatic N) is 2. The number of hydrogen-bond donors (Lipinski definition) is 1. The van der Waals surface area contributed by atoms with Gasteiger partial charge in [0.25, 0.3) is 0 Å². The van der Waals surface area contributed by atoms with Crippen molar-refractivity contribution in [1.29, 1.82) is 0 Å². The van der Waals surface area contributed by atoms with Gasteiger partial charge in [-0.05, 0) is 0 Å². The molecule has 1 aromatic heterocycles. The van der Waals surface area contributed by atoms with Crippen molar-refractivity contribution in [3.63, 3.8) is 0 Å². The van der Waals surface area contributed by atoms with Gasteiger partial charge in [-0.2, -0.15) is 0 Å². The summed E-state index contributed by atoms with van der Waals surface area (Å²) in [7, 11) is 0. The van der Waals surface area contributed by atoms with Crippen molar-refractivity contribution in [3.05, 3.63) is 18.0 Å². The average Bonchev–Trinajstić information content (AvgIpc) is 2.71. The molecule has 13 heavy (non-hydrogen) atoms. The van der Waals surface area contributed by atoms with Crippen LogP contribution < -0.4 is 5.32 Å². The van der Waals surface area contributed by atoms with E-state index in [9.17, 15) is 0 Å². The molecule has 0 bridgehead atoms. The maximum absolute atomic E-state index is 4.94. The van der Waals surface area contributed by atoms with Gasteiger partial charge in [0.2, 0.25) is 0 Å². The third-order valence-corrected chi connectivity index (χ3v) is 2.76. The van der Waals surface area contributed by atoms with E-state index < -0.39 is 0 Å². The van der Waals surface area contributed by atoms with Crippen LogP contribution in [0.3, 0.4) is 0 Å². The second kappa shape index (κ2) is 3.83. The zero-order valence-electron chi connectivity index (χ0n) is 7.36. The van der Waals surface area contributed by atoms with E-state index in [1.807, 2.05) is 6.07 Å². The van der Waals surface area contributed by atoms with E-state index >= 15 is 0 Å². The largest absolute Gasteiger partial charge is 0.360 e. The number of amidine groups is 1. The van der Waals surface area contributed by atoms with Gasteiger partial charge in [-0.3, -0.25) is 4.99 Å². The van der Waals surface area contributed by atoms with E-state index in [-0.39, 0.29) is 0 Å². The number of hydrogen-bond acceptors (Lipinski definition) is 5. The lowest BCUT2D eigenvalue weighted by molar-refractivity contribution is 0.381. The topological polar surface area (TPSA) is 50.4 Å². The summed E-state index contributed by atoms with van der Waals surface area (Å²) in [6, 6.07) is 1.84. The van der Waals surface area contributed by atoms with Crippen LogP contribution in [0, 0.1) is 0 Å². The molecule has 1 atom stereocenters. The van der Waals surface area contributed by atoms with E-state index in [1.54, 1.807) is 18.0 Å². The lowest BCUT2D eigenvalue weighted by Gasteiger charge is -2.02. The van der Waals surface area contributed by atoms with Crippen LogP contribution in [0.15, 0.2) is 21.8 Å². The number of thioether (sulfide) groups is 1. The van der Waals surface area contributed by atoms with Crippen molar-refractivity contribution in [2.75, 3.05) is 6.54 Å². The third kappa shape index (κ3) is 2.24. The molecule has 2 heterocycles. The number of aliphatic imine (C=N–C) groups is 1. The molecule has 0 saturated heterocycles. The summed E-state index contributed by atoms with van der Waals surface area (Å²) in [5.41, 5.74) is 0. The molecule has 0 fully saturated rings. The molecule has 1 unspecified atom stereocenters. The number of aromatic nitrogens is 1. The summed E-state index contributed by atoms with van der Waals surface area (Å²) in [5.74, 6) is 0.836. The van der Waals surface area contributed by atoms with E-state index in [1.165, 1.54) is 0 Å². The summed E-state index contributed by atoms with van der Waals surface area (Å²) >= 11 is 1.76. The molecule has 4 nitrogen and oxygen atoms in total. The Morgan fingerprint density at radius 1 is 1.77 bits per heavy atom. The maximum atomic E-state index is 4.94. The summed E-state index contributed by atoms with van der Waals surface area (Å²) < 4.78 is 4.94. The van der Waals surface area contributed by atoms with E-state index in [0.29, 0.717) is 11.8 Å². The molecule has 70 valence electrons. The maximum Gasteiger partial charge on any atom is 0.157 e. The Balaban J connectivity index is 1.81. The van der Waals surface area contributed by atoms with E-state index in [2.05, 4.69) is 22.4 Å². The van der Waals surface area contributed by atoms with Gasteiger partial charge in [-0.15, -0.1) is 0 Å². The summed E-state index contributed by atoms with van der Waals surface area (Å²) in [4.78, 5) is 4.32. The molecule has 1 aromatic rings. The number of nitrogens with one attached hydrogen (secondary N) is 1. The van der Waals surface area contributed by atoms with Crippen LogP contribution in [-0.4, -0.2) is 22.1 Å². The first-order valence-electron chi connectivity index (χ1n) is 4.19. The molecule has 5 heteroatoms. The third-order valence-electron chi connectivity index (χ3n) is 1.71. The molecule has 2 rings (SSSR count). The van der Waals surface area contributed by atoms with Gasteiger partial charge in [0.1, 0.15) is 0 Å². The van der Waals surface area contributed by atoms with Crippen molar-refractivity contribution in [2.24, 2.45) is 4.99 Å². The molecule has 0 aromatic carbocycles. The first-order chi connectivity index (χ1) is 6.34. The van der Waals surface area contributed by atoms with Crippen molar-refractivity contribution in [1.82, 2.24) is 10.5 Å². The van der Waals surface area contributed by atoms with Crippen LogP contribution in [0.2, 0.25) is 0 Å². The predicted octanol–water partition coefficient (Wildman–Crippen LogP) is 1.26. The molecule has 1 aliphatic rings. The summed E-state index contributed by atoms with van der Waals surface area (Å²) in [6.07, 6.45) is 1.64. The van der Waals surface area contributed by atoms with Crippen LogP contribution >= 0.6 is 11.8 Å². The molecule has 0 radical (unpaired) electrons. The molecular weight excluding hydrogens is 186 g/mol. The van der Waals surface area contributed by atoms with Crippen LogP contribution in [0.5, 0.6) is 0 Å². The molecule has 0 amide bonds. The first kappa shape index (κ1) is 8.62. The summed E-state index contributed by atoms with van der Waals surface area (Å²) in [6.45, 7) is 3.74. The standard InChI is InChI=1S/C8H11N3OS/c1-6-4-9-8(13-6)10-5-7-2-3-11-12-7/h2-3,6H,4-5H2,1H3,(H,9,10). The fourth-order valence-electron chi connectivity index (χ4n) is 1.07. The highest BCUT2D eigenvalue weighted by atomic mass is 32.2. The van der Waals surface area contributed by atoms with Gasteiger partial charge in [-0.25, -0.2) is 0 Å². The molecule has 0 spiro atoms. The molecular formula is C8H11N3OS. The van der Waals surface area contributed by atoms with Crippen LogP contribution in [0.4, 0.5) is 0 Å². The Hall–Kier alpha value is -0.970. The fourth-order valence-corrected chi connectivity index (χ4v) is 1.90. The van der Waals surface area contributed by atoms with Crippen LogP contribution in [0.1, 0.15) is 12.7 Å². The Kier molecular flexibility index (Phi) is 2.54. The lowest BCUT2D eigenvalue weighted by Crippen LogP contribution is -2.18. The monoisotopic (exact) mass is 197 g/mol. The van der Waals surface area contributed by atoms with Crippen molar-refractivity contribution in [3.8, 4) is 0 Å². The Morgan fingerprint density at radius 2 is 2.69 bits per heavy atom. The minimum atomic E-state index is 0.595. The van der Waals surface area contributed by atoms with Crippen LogP contribution in [0.25, 0.3) is 0 Å². The molecule has 0 aliphatic carbocycles. The Morgan fingerprint density at radius 3 is 3.31 bits per heavy atom. The molecule has 1 N–H and O–H groups in total. The quantitative estimate of drug-likeness (QED) is 0.775. The molecule has 0 saturated carbocycles. The van der Waals surface area contributed by atoms with Crippen LogP contribution in [-0.2, 0) is 6.54 Å².